The lowest BCUT2D eigenvalue weighted by Gasteiger charge is -2.13. The first-order valence-corrected chi connectivity index (χ1v) is 8.81. The van der Waals surface area contributed by atoms with Gasteiger partial charge < -0.3 is 15.4 Å². The maximum atomic E-state index is 14.3. The van der Waals surface area contributed by atoms with Crippen LogP contribution in [0.25, 0.3) is 0 Å². The Hall–Kier alpha value is -2.15. The third-order valence-corrected chi connectivity index (χ3v) is 4.80. The summed E-state index contributed by atoms with van der Waals surface area (Å²) in [6, 6.07) is 4.44. The van der Waals surface area contributed by atoms with Crippen molar-refractivity contribution in [2.24, 2.45) is 0 Å². The molecular weight excluding hydrogens is 329 g/mol. The molecule has 0 radical (unpaired) electrons. The SMILES string of the molecule is Cc1csc(C(C)NC(=O)NCc2cccc(OC3CC3)c2F)n1. The number of hydrogen-bond acceptors (Lipinski definition) is 4. The summed E-state index contributed by atoms with van der Waals surface area (Å²) in [4.78, 5) is 16.3. The summed E-state index contributed by atoms with van der Waals surface area (Å²) in [5.41, 5.74) is 1.33. The molecule has 3 rings (SSSR count). The van der Waals surface area contributed by atoms with Crippen molar-refractivity contribution >= 4 is 17.4 Å². The molecule has 1 aromatic carbocycles. The smallest absolute Gasteiger partial charge is 0.315 e. The van der Waals surface area contributed by atoms with E-state index in [1.165, 1.54) is 11.3 Å². The van der Waals surface area contributed by atoms with E-state index in [0.717, 1.165) is 23.5 Å². The second-order valence-corrected chi connectivity index (χ2v) is 6.81. The van der Waals surface area contributed by atoms with Crippen molar-refractivity contribution < 1.29 is 13.9 Å². The van der Waals surface area contributed by atoms with Crippen LogP contribution in [0.3, 0.4) is 0 Å². The molecule has 5 nitrogen and oxygen atoms in total. The van der Waals surface area contributed by atoms with Crippen LogP contribution in [-0.4, -0.2) is 17.1 Å². The average molecular weight is 349 g/mol. The number of benzene rings is 1. The summed E-state index contributed by atoms with van der Waals surface area (Å²) < 4.78 is 19.9. The number of nitrogens with one attached hydrogen (secondary N) is 2. The number of thiazole rings is 1. The summed E-state index contributed by atoms with van der Waals surface area (Å²) in [6.45, 7) is 3.87. The molecule has 1 unspecified atom stereocenters. The van der Waals surface area contributed by atoms with Crippen LogP contribution in [0.15, 0.2) is 23.6 Å². The molecule has 1 saturated carbocycles. The molecule has 2 amide bonds. The molecule has 0 aliphatic heterocycles. The van der Waals surface area contributed by atoms with E-state index in [1.807, 2.05) is 19.2 Å². The van der Waals surface area contributed by atoms with E-state index in [-0.39, 0.29) is 30.5 Å². The molecule has 1 heterocycles. The minimum Gasteiger partial charge on any atom is -0.487 e. The molecule has 0 spiro atoms. The maximum Gasteiger partial charge on any atom is 0.315 e. The third kappa shape index (κ3) is 4.23. The van der Waals surface area contributed by atoms with Crippen LogP contribution in [0.1, 0.15) is 42.1 Å². The quantitative estimate of drug-likeness (QED) is 0.836. The number of rotatable bonds is 6. The Kier molecular flexibility index (Phi) is 4.99. The van der Waals surface area contributed by atoms with Crippen molar-refractivity contribution in [3.8, 4) is 5.75 Å². The van der Waals surface area contributed by atoms with Gasteiger partial charge in [-0.25, -0.2) is 14.2 Å². The Bertz CT molecular complexity index is 730. The first-order valence-electron chi connectivity index (χ1n) is 7.93. The fraction of sp³-hybridized carbons (Fsp3) is 0.412. The van der Waals surface area contributed by atoms with E-state index >= 15 is 0 Å². The zero-order valence-electron chi connectivity index (χ0n) is 13.6. The van der Waals surface area contributed by atoms with Gasteiger partial charge in [0.25, 0.3) is 0 Å². The maximum absolute atomic E-state index is 14.3. The summed E-state index contributed by atoms with van der Waals surface area (Å²) in [5, 5.41) is 8.25. The van der Waals surface area contributed by atoms with Gasteiger partial charge in [-0.1, -0.05) is 12.1 Å². The van der Waals surface area contributed by atoms with Gasteiger partial charge in [0.2, 0.25) is 0 Å². The molecule has 1 fully saturated rings. The highest BCUT2D eigenvalue weighted by Crippen LogP contribution is 2.29. The van der Waals surface area contributed by atoms with Crippen LogP contribution >= 0.6 is 11.3 Å². The van der Waals surface area contributed by atoms with Crippen molar-refractivity contribution in [1.29, 1.82) is 0 Å². The van der Waals surface area contributed by atoms with Gasteiger partial charge in [-0.15, -0.1) is 11.3 Å². The number of hydrogen-bond donors (Lipinski definition) is 2. The Balaban J connectivity index is 1.54. The molecule has 1 aliphatic rings. The van der Waals surface area contributed by atoms with Crippen LogP contribution in [0.4, 0.5) is 9.18 Å². The molecule has 2 N–H and O–H groups in total. The zero-order valence-corrected chi connectivity index (χ0v) is 14.5. The summed E-state index contributed by atoms with van der Waals surface area (Å²) >= 11 is 1.50. The molecule has 128 valence electrons. The standard InChI is InChI=1S/C17H20FN3O2S/c1-10-9-24-16(20-10)11(2)21-17(22)19-8-12-4-3-5-14(15(12)18)23-13-6-7-13/h3-5,9,11,13H,6-8H2,1-2H3,(H2,19,21,22). The number of carbonyl (C=O) groups is 1. The van der Waals surface area contributed by atoms with E-state index in [0.29, 0.717) is 5.56 Å². The number of aryl methyl sites for hydroxylation is 1. The number of urea groups is 1. The van der Waals surface area contributed by atoms with Crippen molar-refractivity contribution in [2.45, 2.75) is 45.4 Å². The normalized spacial score (nSPS) is 15.0. The van der Waals surface area contributed by atoms with E-state index < -0.39 is 5.82 Å². The fourth-order valence-corrected chi connectivity index (χ4v) is 3.01. The first-order chi connectivity index (χ1) is 11.5. The van der Waals surface area contributed by atoms with Gasteiger partial charge in [0.1, 0.15) is 5.01 Å². The highest BCUT2D eigenvalue weighted by Gasteiger charge is 2.25. The van der Waals surface area contributed by atoms with Crippen LogP contribution in [0.5, 0.6) is 5.75 Å². The van der Waals surface area contributed by atoms with Gasteiger partial charge in [-0.2, -0.15) is 0 Å². The van der Waals surface area contributed by atoms with Gasteiger partial charge in [-0.3, -0.25) is 0 Å². The number of halogens is 1. The van der Waals surface area contributed by atoms with Crippen LogP contribution in [0, 0.1) is 12.7 Å². The van der Waals surface area contributed by atoms with E-state index in [1.54, 1.807) is 18.2 Å². The lowest BCUT2D eigenvalue weighted by molar-refractivity contribution is 0.237. The number of aromatic nitrogens is 1. The summed E-state index contributed by atoms with van der Waals surface area (Å²) in [7, 11) is 0. The highest BCUT2D eigenvalue weighted by atomic mass is 32.1. The molecular formula is C17H20FN3O2S. The topological polar surface area (TPSA) is 63.2 Å². The minimum atomic E-state index is -0.409. The van der Waals surface area contributed by atoms with Gasteiger partial charge in [0.15, 0.2) is 11.6 Å². The number of nitrogens with zero attached hydrogens (tertiary/aromatic N) is 1. The fourth-order valence-electron chi connectivity index (χ4n) is 2.21. The second kappa shape index (κ2) is 7.17. The Morgan fingerprint density at radius 1 is 1.50 bits per heavy atom. The van der Waals surface area contributed by atoms with Gasteiger partial charge in [-0.05, 0) is 32.8 Å². The predicted molar refractivity (Wildman–Crippen MR) is 90.7 cm³/mol. The molecule has 1 atom stereocenters. The minimum absolute atomic E-state index is 0.100. The van der Waals surface area contributed by atoms with E-state index in [2.05, 4.69) is 15.6 Å². The third-order valence-electron chi connectivity index (χ3n) is 3.66. The van der Waals surface area contributed by atoms with Gasteiger partial charge >= 0.3 is 6.03 Å². The molecule has 0 bridgehead atoms. The highest BCUT2D eigenvalue weighted by molar-refractivity contribution is 7.09. The van der Waals surface area contributed by atoms with Crippen molar-refractivity contribution in [3.63, 3.8) is 0 Å². The molecule has 0 saturated heterocycles. The Morgan fingerprint density at radius 3 is 2.96 bits per heavy atom. The van der Waals surface area contributed by atoms with Crippen LogP contribution < -0.4 is 15.4 Å². The largest absolute Gasteiger partial charge is 0.487 e. The summed E-state index contributed by atoms with van der Waals surface area (Å²) in [6.07, 6.45) is 2.07. The average Bonchev–Trinajstić information content (AvgIpc) is 3.26. The van der Waals surface area contributed by atoms with Gasteiger partial charge in [0.05, 0.1) is 12.1 Å². The molecule has 2 aromatic rings. The first kappa shape index (κ1) is 16.7. The van der Waals surface area contributed by atoms with Crippen LogP contribution in [-0.2, 0) is 6.54 Å². The van der Waals surface area contributed by atoms with Crippen LogP contribution in [0.2, 0.25) is 0 Å². The molecule has 1 aromatic heterocycles. The van der Waals surface area contributed by atoms with Crippen molar-refractivity contribution in [3.05, 3.63) is 45.7 Å². The van der Waals surface area contributed by atoms with Gasteiger partial charge in [0, 0.05) is 23.2 Å². The molecule has 7 heteroatoms. The number of ether oxygens (including phenoxy) is 1. The van der Waals surface area contributed by atoms with E-state index in [9.17, 15) is 9.18 Å². The number of carbonyl (C=O) groups excluding carboxylic acids is 1. The Morgan fingerprint density at radius 2 is 2.29 bits per heavy atom. The predicted octanol–water partition coefficient (Wildman–Crippen LogP) is 3.69. The molecule has 24 heavy (non-hydrogen) atoms. The molecule has 1 aliphatic carbocycles. The number of amides is 2. The zero-order chi connectivity index (χ0) is 17.1. The lowest BCUT2D eigenvalue weighted by atomic mass is 10.2. The van der Waals surface area contributed by atoms with E-state index in [4.69, 9.17) is 4.74 Å². The second-order valence-electron chi connectivity index (χ2n) is 5.92. The lowest BCUT2D eigenvalue weighted by Crippen LogP contribution is -2.36. The van der Waals surface area contributed by atoms with Crippen molar-refractivity contribution in [1.82, 2.24) is 15.6 Å². The summed E-state index contributed by atoms with van der Waals surface area (Å²) in [5.74, 6) is -0.155. The Labute approximate surface area is 144 Å². The van der Waals surface area contributed by atoms with Crippen molar-refractivity contribution in [2.75, 3.05) is 0 Å². The monoisotopic (exact) mass is 349 g/mol.